The summed E-state index contributed by atoms with van der Waals surface area (Å²) in [6.45, 7) is 0.627. The van der Waals surface area contributed by atoms with Crippen molar-refractivity contribution in [1.82, 2.24) is 0 Å². The second-order valence-corrected chi connectivity index (χ2v) is 5.97. The number of hydrogen-bond donors (Lipinski definition) is 1. The molecule has 0 aliphatic heterocycles. The Labute approximate surface area is 99.0 Å². The van der Waals surface area contributed by atoms with Crippen molar-refractivity contribution in [3.8, 4) is 0 Å². The van der Waals surface area contributed by atoms with Crippen molar-refractivity contribution >= 4 is 15.6 Å². The number of hydrogen-bond acceptors (Lipinski definition) is 4. The van der Waals surface area contributed by atoms with Crippen molar-refractivity contribution < 1.29 is 22.7 Å². The van der Waals surface area contributed by atoms with E-state index in [1.807, 2.05) is 0 Å². The van der Waals surface area contributed by atoms with Crippen molar-refractivity contribution in [2.75, 3.05) is 12.4 Å². The van der Waals surface area contributed by atoms with E-state index in [1.54, 1.807) is 0 Å². The molecule has 94 valence electrons. The van der Waals surface area contributed by atoms with Gasteiger partial charge in [0, 0.05) is 11.3 Å². The lowest BCUT2D eigenvalue weighted by molar-refractivity contribution is 0.0961. The van der Waals surface area contributed by atoms with Crippen LogP contribution in [0.3, 0.4) is 0 Å². The van der Waals surface area contributed by atoms with Crippen LogP contribution >= 0.6 is 0 Å². The average molecular weight is 260 g/mol. The molecule has 1 atom stereocenters. The second kappa shape index (κ2) is 5.37. The maximum absolute atomic E-state index is 12.7. The van der Waals surface area contributed by atoms with Crippen LogP contribution in [0.15, 0.2) is 24.3 Å². The number of carbonyl (C=O) groups excluding carboxylic acids is 1. The molecule has 17 heavy (non-hydrogen) atoms. The number of Topliss-reactive ketones (excluding diaryl/α,β-unsaturated/α-hetero) is 1. The van der Waals surface area contributed by atoms with Crippen LogP contribution in [0.4, 0.5) is 4.39 Å². The van der Waals surface area contributed by atoms with Gasteiger partial charge in [0.2, 0.25) is 0 Å². The molecule has 0 unspecified atom stereocenters. The largest absolute Gasteiger partial charge is 0.395 e. The predicted octanol–water partition coefficient (Wildman–Crippen LogP) is 0.804. The Morgan fingerprint density at radius 2 is 1.88 bits per heavy atom. The monoisotopic (exact) mass is 260 g/mol. The molecule has 0 aromatic heterocycles. The molecule has 0 saturated carbocycles. The molecule has 6 heteroatoms. The number of aliphatic hydroxyl groups is 1. The molecule has 0 amide bonds. The van der Waals surface area contributed by atoms with Crippen LogP contribution in [0, 0.1) is 5.82 Å². The van der Waals surface area contributed by atoms with E-state index >= 15 is 0 Å². The topological polar surface area (TPSA) is 71.4 Å². The zero-order valence-corrected chi connectivity index (χ0v) is 10.1. The molecule has 0 heterocycles. The minimum Gasteiger partial charge on any atom is -0.395 e. The van der Waals surface area contributed by atoms with Gasteiger partial charge in [-0.3, -0.25) is 4.79 Å². The van der Waals surface area contributed by atoms with Crippen LogP contribution in [0.5, 0.6) is 0 Å². The molecule has 1 aromatic rings. The first-order chi connectivity index (χ1) is 7.92. The number of benzene rings is 1. The highest BCUT2D eigenvalue weighted by Crippen LogP contribution is 2.12. The third kappa shape index (κ3) is 3.10. The molecule has 1 rings (SSSR count). The van der Waals surface area contributed by atoms with Crippen molar-refractivity contribution in [3.05, 3.63) is 35.6 Å². The van der Waals surface area contributed by atoms with Gasteiger partial charge < -0.3 is 5.11 Å². The molecule has 0 aliphatic rings. The standard InChI is InChI=1S/C11H13FO4S/c1-2-17(15,16)10(7-13)11(14)8-3-5-9(12)6-4-8/h3-6,10,13H,2,7H2,1H3/t10-/m0/s1. The SMILES string of the molecule is CCS(=O)(=O)[C@@H](CO)C(=O)c1ccc(F)cc1. The number of halogens is 1. The minimum atomic E-state index is -3.66. The third-order valence-electron chi connectivity index (χ3n) is 2.42. The summed E-state index contributed by atoms with van der Waals surface area (Å²) in [5.74, 6) is -1.46. The van der Waals surface area contributed by atoms with E-state index in [0.29, 0.717) is 0 Å². The molecule has 0 radical (unpaired) electrons. The summed E-state index contributed by atoms with van der Waals surface area (Å²) in [4.78, 5) is 11.8. The van der Waals surface area contributed by atoms with Crippen molar-refractivity contribution in [2.24, 2.45) is 0 Å². The summed E-state index contributed by atoms with van der Waals surface area (Å²) < 4.78 is 35.8. The fourth-order valence-corrected chi connectivity index (χ4v) is 2.45. The van der Waals surface area contributed by atoms with E-state index in [1.165, 1.54) is 19.1 Å². The third-order valence-corrected chi connectivity index (χ3v) is 4.46. The normalized spacial score (nSPS) is 13.4. The first kappa shape index (κ1) is 13.8. The van der Waals surface area contributed by atoms with Crippen molar-refractivity contribution in [3.63, 3.8) is 0 Å². The van der Waals surface area contributed by atoms with Gasteiger partial charge in [0.05, 0.1) is 6.61 Å². The van der Waals surface area contributed by atoms with Gasteiger partial charge in [0.15, 0.2) is 15.6 Å². The van der Waals surface area contributed by atoms with E-state index in [-0.39, 0.29) is 11.3 Å². The maximum Gasteiger partial charge on any atom is 0.183 e. The summed E-state index contributed by atoms with van der Waals surface area (Å²) in [5.41, 5.74) is 0.0717. The van der Waals surface area contributed by atoms with E-state index < -0.39 is 33.3 Å². The molecule has 0 saturated heterocycles. The molecular formula is C11H13FO4S. The molecule has 1 N–H and O–H groups in total. The van der Waals surface area contributed by atoms with Gasteiger partial charge in [-0.25, -0.2) is 12.8 Å². The van der Waals surface area contributed by atoms with E-state index in [4.69, 9.17) is 5.11 Å². The number of aliphatic hydroxyl groups excluding tert-OH is 1. The summed E-state index contributed by atoms with van der Waals surface area (Å²) in [7, 11) is -3.66. The number of ketones is 1. The number of carbonyl (C=O) groups is 1. The molecule has 0 spiro atoms. The van der Waals surface area contributed by atoms with Crippen LogP contribution in [0.1, 0.15) is 17.3 Å². The van der Waals surface area contributed by atoms with Crippen LogP contribution in [-0.2, 0) is 9.84 Å². The highest BCUT2D eigenvalue weighted by Gasteiger charge is 2.31. The fourth-order valence-electron chi connectivity index (χ4n) is 1.36. The zero-order chi connectivity index (χ0) is 13.1. The molecular weight excluding hydrogens is 247 g/mol. The Balaban J connectivity index is 3.07. The lowest BCUT2D eigenvalue weighted by atomic mass is 10.1. The van der Waals surface area contributed by atoms with E-state index in [0.717, 1.165) is 12.1 Å². The lowest BCUT2D eigenvalue weighted by Gasteiger charge is -2.12. The van der Waals surface area contributed by atoms with Gasteiger partial charge in [-0.05, 0) is 24.3 Å². The van der Waals surface area contributed by atoms with Crippen molar-refractivity contribution in [2.45, 2.75) is 12.2 Å². The van der Waals surface area contributed by atoms with Gasteiger partial charge in [0.25, 0.3) is 0 Å². The molecule has 0 fully saturated rings. The van der Waals surface area contributed by atoms with E-state index in [2.05, 4.69) is 0 Å². The molecule has 0 aliphatic carbocycles. The van der Waals surface area contributed by atoms with Gasteiger partial charge in [-0.15, -0.1) is 0 Å². The smallest absolute Gasteiger partial charge is 0.183 e. The lowest BCUT2D eigenvalue weighted by Crippen LogP contribution is -2.35. The average Bonchev–Trinajstić information content (AvgIpc) is 2.30. The second-order valence-electron chi connectivity index (χ2n) is 3.49. The van der Waals surface area contributed by atoms with E-state index in [9.17, 15) is 17.6 Å². The van der Waals surface area contributed by atoms with Gasteiger partial charge in [-0.2, -0.15) is 0 Å². The Bertz CT molecular complexity index is 493. The van der Waals surface area contributed by atoms with Crippen LogP contribution in [0.25, 0.3) is 0 Å². The van der Waals surface area contributed by atoms with Crippen LogP contribution < -0.4 is 0 Å². The fraction of sp³-hybridized carbons (Fsp3) is 0.364. The summed E-state index contributed by atoms with van der Waals surface area (Å²) in [6, 6.07) is 4.54. The Hall–Kier alpha value is -1.27. The number of sulfone groups is 1. The molecule has 0 bridgehead atoms. The predicted molar refractivity (Wildman–Crippen MR) is 61.1 cm³/mol. The quantitative estimate of drug-likeness (QED) is 0.795. The summed E-state index contributed by atoms with van der Waals surface area (Å²) >= 11 is 0. The summed E-state index contributed by atoms with van der Waals surface area (Å²) in [6.07, 6.45) is 0. The maximum atomic E-state index is 12.7. The highest BCUT2D eigenvalue weighted by molar-refractivity contribution is 7.92. The summed E-state index contributed by atoms with van der Waals surface area (Å²) in [5, 5.41) is 7.53. The Morgan fingerprint density at radius 1 is 1.35 bits per heavy atom. The van der Waals surface area contributed by atoms with Gasteiger partial charge in [-0.1, -0.05) is 6.92 Å². The Kier molecular flexibility index (Phi) is 4.36. The Morgan fingerprint density at radius 3 is 2.29 bits per heavy atom. The minimum absolute atomic E-state index is 0.0717. The highest BCUT2D eigenvalue weighted by atomic mass is 32.2. The molecule has 1 aromatic carbocycles. The zero-order valence-electron chi connectivity index (χ0n) is 9.26. The number of rotatable bonds is 5. The first-order valence-electron chi connectivity index (χ1n) is 5.04. The van der Waals surface area contributed by atoms with Crippen molar-refractivity contribution in [1.29, 1.82) is 0 Å². The van der Waals surface area contributed by atoms with Gasteiger partial charge in [0.1, 0.15) is 11.1 Å². The first-order valence-corrected chi connectivity index (χ1v) is 6.76. The van der Waals surface area contributed by atoms with Crippen LogP contribution in [-0.4, -0.2) is 36.9 Å². The van der Waals surface area contributed by atoms with Gasteiger partial charge >= 0.3 is 0 Å². The van der Waals surface area contributed by atoms with Crippen LogP contribution in [0.2, 0.25) is 0 Å². The molecule has 4 nitrogen and oxygen atoms in total.